The lowest BCUT2D eigenvalue weighted by Crippen LogP contribution is -2.31. The highest BCUT2D eigenvalue weighted by Gasteiger charge is 2.21. The van der Waals surface area contributed by atoms with E-state index in [1.54, 1.807) is 27.9 Å². The number of amides is 1. The monoisotopic (exact) mass is 403 g/mol. The summed E-state index contributed by atoms with van der Waals surface area (Å²) < 4.78 is 12.4. The van der Waals surface area contributed by atoms with Crippen LogP contribution in [0.3, 0.4) is 0 Å². The van der Waals surface area contributed by atoms with Gasteiger partial charge in [-0.3, -0.25) is 4.79 Å². The van der Waals surface area contributed by atoms with Crippen LogP contribution in [0.4, 0.5) is 0 Å². The summed E-state index contributed by atoms with van der Waals surface area (Å²) in [6, 6.07) is 7.44. The summed E-state index contributed by atoms with van der Waals surface area (Å²) in [5.74, 6) is 1.62. The van der Waals surface area contributed by atoms with Crippen LogP contribution in [0.5, 0.6) is 11.5 Å². The van der Waals surface area contributed by atoms with Crippen molar-refractivity contribution in [2.75, 3.05) is 19.9 Å². The maximum Gasteiger partial charge on any atom is 0.257 e. The predicted molar refractivity (Wildman–Crippen MR) is 112 cm³/mol. The molecule has 2 aromatic heterocycles. The molecular formula is C22H21N5O3. The van der Waals surface area contributed by atoms with Crippen LogP contribution in [0.15, 0.2) is 62.0 Å². The number of fused-ring (bicyclic) bond motifs is 1. The highest BCUT2D eigenvalue weighted by molar-refractivity contribution is 5.95. The first-order chi connectivity index (χ1) is 14.6. The standard InChI is InChI=1S/C22H21N5O3/c1-4-10-26(11-5-2)21(28)17-13-24-27(15(17)3)22-23-9-8-18(25-22)16-6-7-19-20(12-16)30-14-29-19/h4-9,12-13H,1-2,10-11,14H2,3H3. The van der Waals surface area contributed by atoms with Crippen LogP contribution in [0.1, 0.15) is 16.1 Å². The van der Waals surface area contributed by atoms with Crippen LogP contribution in [-0.4, -0.2) is 50.4 Å². The van der Waals surface area contributed by atoms with Crippen molar-refractivity contribution in [2.45, 2.75) is 6.92 Å². The lowest BCUT2D eigenvalue weighted by atomic mass is 10.1. The van der Waals surface area contributed by atoms with Gasteiger partial charge < -0.3 is 14.4 Å². The lowest BCUT2D eigenvalue weighted by molar-refractivity contribution is 0.0790. The Bertz CT molecular complexity index is 1110. The number of carbonyl (C=O) groups excluding carboxylic acids is 1. The molecule has 4 rings (SSSR count). The largest absolute Gasteiger partial charge is 0.454 e. The predicted octanol–water partition coefficient (Wildman–Crippen LogP) is 3.18. The zero-order valence-electron chi connectivity index (χ0n) is 16.6. The van der Waals surface area contributed by atoms with Crippen LogP contribution >= 0.6 is 0 Å². The van der Waals surface area contributed by atoms with Gasteiger partial charge in [0.25, 0.3) is 11.9 Å². The minimum atomic E-state index is -0.148. The number of hydrogen-bond acceptors (Lipinski definition) is 6. The Kier molecular flexibility index (Phi) is 5.30. The maximum atomic E-state index is 12.9. The molecular weight excluding hydrogens is 382 g/mol. The summed E-state index contributed by atoms with van der Waals surface area (Å²) in [6.07, 6.45) is 6.55. The van der Waals surface area contributed by atoms with Gasteiger partial charge >= 0.3 is 0 Å². The molecule has 0 unspecified atom stereocenters. The highest BCUT2D eigenvalue weighted by Crippen LogP contribution is 2.35. The molecule has 8 nitrogen and oxygen atoms in total. The second-order valence-corrected chi connectivity index (χ2v) is 6.65. The van der Waals surface area contributed by atoms with Crippen molar-refractivity contribution < 1.29 is 14.3 Å². The summed E-state index contributed by atoms with van der Waals surface area (Å²) in [5, 5.41) is 4.35. The fourth-order valence-electron chi connectivity index (χ4n) is 3.21. The van der Waals surface area contributed by atoms with E-state index in [0.717, 1.165) is 5.56 Å². The molecule has 1 amide bonds. The number of ether oxygens (including phenoxy) is 2. The highest BCUT2D eigenvalue weighted by atomic mass is 16.7. The zero-order chi connectivity index (χ0) is 21.1. The van der Waals surface area contributed by atoms with E-state index in [4.69, 9.17) is 9.47 Å². The zero-order valence-corrected chi connectivity index (χ0v) is 16.6. The smallest absolute Gasteiger partial charge is 0.257 e. The van der Waals surface area contributed by atoms with Crippen LogP contribution in [0, 0.1) is 6.92 Å². The molecule has 0 fully saturated rings. The number of aromatic nitrogens is 4. The van der Waals surface area contributed by atoms with Crippen LogP contribution in [-0.2, 0) is 0 Å². The molecule has 152 valence electrons. The number of hydrogen-bond donors (Lipinski definition) is 0. The summed E-state index contributed by atoms with van der Waals surface area (Å²) in [4.78, 5) is 23.5. The Hall–Kier alpha value is -3.94. The minimum absolute atomic E-state index is 0.148. The van der Waals surface area contributed by atoms with Crippen molar-refractivity contribution in [3.8, 4) is 28.7 Å². The van der Waals surface area contributed by atoms with Crippen LogP contribution < -0.4 is 9.47 Å². The summed E-state index contributed by atoms with van der Waals surface area (Å²) in [6.45, 7) is 10.3. The topological polar surface area (TPSA) is 82.4 Å². The van der Waals surface area contributed by atoms with Gasteiger partial charge in [-0.2, -0.15) is 5.10 Å². The summed E-state index contributed by atoms with van der Waals surface area (Å²) >= 11 is 0. The van der Waals surface area contributed by atoms with Crippen molar-refractivity contribution in [3.05, 3.63) is 73.2 Å². The second-order valence-electron chi connectivity index (χ2n) is 6.65. The minimum Gasteiger partial charge on any atom is -0.454 e. The molecule has 1 aromatic carbocycles. The molecule has 3 aromatic rings. The molecule has 0 saturated carbocycles. The maximum absolute atomic E-state index is 12.9. The quantitative estimate of drug-likeness (QED) is 0.564. The fraction of sp³-hybridized carbons (Fsp3) is 0.182. The van der Waals surface area contributed by atoms with E-state index >= 15 is 0 Å². The first-order valence-corrected chi connectivity index (χ1v) is 9.41. The molecule has 0 atom stereocenters. The third-order valence-electron chi connectivity index (χ3n) is 4.73. The van der Waals surface area contributed by atoms with Gasteiger partial charge in [0.2, 0.25) is 6.79 Å². The molecule has 0 radical (unpaired) electrons. The van der Waals surface area contributed by atoms with E-state index in [1.807, 2.05) is 31.2 Å². The number of carbonyl (C=O) groups is 1. The van der Waals surface area contributed by atoms with Crippen molar-refractivity contribution in [3.63, 3.8) is 0 Å². The van der Waals surface area contributed by atoms with Crippen molar-refractivity contribution in [2.24, 2.45) is 0 Å². The average molecular weight is 403 g/mol. The molecule has 0 aliphatic carbocycles. The molecule has 1 aliphatic rings. The third-order valence-corrected chi connectivity index (χ3v) is 4.73. The van der Waals surface area contributed by atoms with Crippen LogP contribution in [0.2, 0.25) is 0 Å². The van der Waals surface area contributed by atoms with Gasteiger partial charge in [0.05, 0.1) is 23.1 Å². The van der Waals surface area contributed by atoms with Crippen molar-refractivity contribution in [1.29, 1.82) is 0 Å². The summed E-state index contributed by atoms with van der Waals surface area (Å²) in [7, 11) is 0. The third kappa shape index (κ3) is 3.55. The Morgan fingerprint density at radius 2 is 1.97 bits per heavy atom. The van der Waals surface area contributed by atoms with E-state index in [0.29, 0.717) is 47.5 Å². The SMILES string of the molecule is C=CCN(CC=C)C(=O)c1cnn(-c2nccc(-c3ccc4c(c3)OCO4)n2)c1C. The second kappa shape index (κ2) is 8.20. The average Bonchev–Trinajstić information content (AvgIpc) is 3.39. The van der Waals surface area contributed by atoms with Gasteiger partial charge in [0.1, 0.15) is 0 Å². The van der Waals surface area contributed by atoms with E-state index in [1.165, 1.54) is 6.20 Å². The van der Waals surface area contributed by atoms with Gasteiger partial charge in [0, 0.05) is 24.8 Å². The van der Waals surface area contributed by atoms with Crippen molar-refractivity contribution in [1.82, 2.24) is 24.6 Å². The van der Waals surface area contributed by atoms with E-state index in [9.17, 15) is 4.79 Å². The molecule has 8 heteroatoms. The lowest BCUT2D eigenvalue weighted by Gasteiger charge is -2.18. The normalized spacial score (nSPS) is 11.9. The number of nitrogens with zero attached hydrogens (tertiary/aromatic N) is 5. The Labute approximate surface area is 174 Å². The molecule has 3 heterocycles. The van der Waals surface area contributed by atoms with Gasteiger partial charge in [-0.1, -0.05) is 12.2 Å². The van der Waals surface area contributed by atoms with Gasteiger partial charge in [-0.05, 0) is 31.2 Å². The molecule has 30 heavy (non-hydrogen) atoms. The molecule has 0 saturated heterocycles. The van der Waals surface area contributed by atoms with E-state index in [2.05, 4.69) is 28.2 Å². The number of rotatable bonds is 7. The first kappa shape index (κ1) is 19.4. The van der Waals surface area contributed by atoms with Crippen molar-refractivity contribution >= 4 is 5.91 Å². The number of benzene rings is 1. The molecule has 0 bridgehead atoms. The van der Waals surface area contributed by atoms with Gasteiger partial charge in [0.15, 0.2) is 11.5 Å². The van der Waals surface area contributed by atoms with Gasteiger partial charge in [-0.15, -0.1) is 13.2 Å². The Morgan fingerprint density at radius 1 is 1.20 bits per heavy atom. The Morgan fingerprint density at radius 3 is 2.73 bits per heavy atom. The van der Waals surface area contributed by atoms with Crippen LogP contribution in [0.25, 0.3) is 17.2 Å². The molecule has 1 aliphatic heterocycles. The molecule has 0 N–H and O–H groups in total. The summed E-state index contributed by atoms with van der Waals surface area (Å²) in [5.41, 5.74) is 2.71. The fourth-order valence-corrected chi connectivity index (χ4v) is 3.21. The van der Waals surface area contributed by atoms with E-state index < -0.39 is 0 Å². The molecule has 0 spiro atoms. The van der Waals surface area contributed by atoms with E-state index in [-0.39, 0.29) is 12.7 Å². The Balaban J connectivity index is 1.66. The van der Waals surface area contributed by atoms with Gasteiger partial charge in [-0.25, -0.2) is 14.6 Å². The first-order valence-electron chi connectivity index (χ1n) is 9.41.